The number of pyridine rings is 1. The van der Waals surface area contributed by atoms with Gasteiger partial charge in [0, 0.05) is 31.2 Å². The topological polar surface area (TPSA) is 121 Å². The van der Waals surface area contributed by atoms with E-state index in [4.69, 9.17) is 14.6 Å². The van der Waals surface area contributed by atoms with Gasteiger partial charge >= 0.3 is 6.03 Å². The first kappa shape index (κ1) is 22.1. The molecule has 9 nitrogen and oxygen atoms in total. The zero-order chi connectivity index (χ0) is 23.0. The molecule has 4 aromatic rings. The molecule has 0 fully saturated rings. The van der Waals surface area contributed by atoms with Crippen molar-refractivity contribution in [2.75, 3.05) is 25.6 Å². The van der Waals surface area contributed by atoms with Crippen LogP contribution in [0.25, 0.3) is 22.2 Å². The Kier molecular flexibility index (Phi) is 7.01. The van der Waals surface area contributed by atoms with Gasteiger partial charge in [0.15, 0.2) is 5.65 Å². The standard InChI is InChI=1S/C24H25N5O4/c1-32-18-5-2-4-16(12-18)14-26-24(31)28-21-7-6-17(13-22(21)33-11-3-10-30)19-8-9-25-23-20(19)15-27-29-23/h2,4-9,12-13,15,30H,3,10-11,14H2,1H3,(H,25,27,29)(H2,26,28,31). The van der Waals surface area contributed by atoms with E-state index in [0.29, 0.717) is 36.7 Å². The monoisotopic (exact) mass is 447 g/mol. The third-order valence-corrected chi connectivity index (χ3v) is 5.04. The second kappa shape index (κ2) is 10.5. The number of hydrogen-bond donors (Lipinski definition) is 4. The number of aromatic amines is 1. The maximum Gasteiger partial charge on any atom is 0.319 e. The number of benzene rings is 2. The summed E-state index contributed by atoms with van der Waals surface area (Å²) >= 11 is 0. The molecule has 2 heterocycles. The summed E-state index contributed by atoms with van der Waals surface area (Å²) < 4.78 is 11.1. The van der Waals surface area contributed by atoms with E-state index in [0.717, 1.165) is 27.8 Å². The van der Waals surface area contributed by atoms with Crippen molar-refractivity contribution in [2.45, 2.75) is 13.0 Å². The lowest BCUT2D eigenvalue weighted by Gasteiger charge is -2.15. The molecule has 170 valence electrons. The van der Waals surface area contributed by atoms with Crippen LogP contribution in [0.5, 0.6) is 11.5 Å². The summed E-state index contributed by atoms with van der Waals surface area (Å²) in [4.78, 5) is 16.8. The van der Waals surface area contributed by atoms with Gasteiger partial charge in [-0.05, 0) is 47.0 Å². The van der Waals surface area contributed by atoms with E-state index < -0.39 is 0 Å². The number of aliphatic hydroxyl groups is 1. The van der Waals surface area contributed by atoms with E-state index >= 15 is 0 Å². The molecule has 0 aliphatic rings. The lowest BCUT2D eigenvalue weighted by molar-refractivity contribution is 0.233. The van der Waals surface area contributed by atoms with Gasteiger partial charge in [-0.2, -0.15) is 5.10 Å². The number of fused-ring (bicyclic) bond motifs is 1. The molecule has 0 saturated carbocycles. The van der Waals surface area contributed by atoms with Gasteiger partial charge in [-0.1, -0.05) is 18.2 Å². The summed E-state index contributed by atoms with van der Waals surface area (Å²) in [5.41, 5.74) is 3.97. The molecule has 4 rings (SSSR count). The molecule has 33 heavy (non-hydrogen) atoms. The Morgan fingerprint density at radius 2 is 2.09 bits per heavy atom. The maximum absolute atomic E-state index is 12.5. The van der Waals surface area contributed by atoms with Crippen molar-refractivity contribution in [3.63, 3.8) is 0 Å². The predicted molar refractivity (Wildman–Crippen MR) is 125 cm³/mol. The first-order valence-electron chi connectivity index (χ1n) is 10.5. The summed E-state index contributed by atoms with van der Waals surface area (Å²) in [5, 5.41) is 22.6. The first-order chi connectivity index (χ1) is 16.2. The summed E-state index contributed by atoms with van der Waals surface area (Å²) in [6.07, 6.45) is 3.91. The molecule has 0 saturated heterocycles. The van der Waals surface area contributed by atoms with Crippen molar-refractivity contribution < 1.29 is 19.4 Å². The molecule has 9 heteroatoms. The minimum Gasteiger partial charge on any atom is -0.497 e. The lowest BCUT2D eigenvalue weighted by Crippen LogP contribution is -2.28. The summed E-state index contributed by atoms with van der Waals surface area (Å²) in [7, 11) is 1.60. The number of H-pyrrole nitrogens is 1. The van der Waals surface area contributed by atoms with E-state index in [1.807, 2.05) is 42.5 Å². The highest BCUT2D eigenvalue weighted by Crippen LogP contribution is 2.33. The number of urea groups is 1. The molecule has 2 aromatic heterocycles. The van der Waals surface area contributed by atoms with Crippen molar-refractivity contribution in [1.29, 1.82) is 0 Å². The quantitative estimate of drug-likeness (QED) is 0.290. The molecular weight excluding hydrogens is 422 g/mol. The van der Waals surface area contributed by atoms with Crippen LogP contribution in [0.4, 0.5) is 10.5 Å². The van der Waals surface area contributed by atoms with Gasteiger partial charge in [-0.15, -0.1) is 0 Å². The molecule has 0 aliphatic carbocycles. The maximum atomic E-state index is 12.5. The molecule has 4 N–H and O–H groups in total. The van der Waals surface area contributed by atoms with Crippen LogP contribution in [0.1, 0.15) is 12.0 Å². The van der Waals surface area contributed by atoms with Gasteiger partial charge in [0.1, 0.15) is 11.5 Å². The largest absolute Gasteiger partial charge is 0.497 e. The molecule has 0 radical (unpaired) electrons. The fourth-order valence-electron chi connectivity index (χ4n) is 3.39. The third-order valence-electron chi connectivity index (χ3n) is 5.04. The van der Waals surface area contributed by atoms with Crippen molar-refractivity contribution in [1.82, 2.24) is 20.5 Å². The number of carbonyl (C=O) groups is 1. The number of carbonyl (C=O) groups excluding carboxylic acids is 1. The van der Waals surface area contributed by atoms with E-state index in [2.05, 4.69) is 25.8 Å². The van der Waals surface area contributed by atoms with Crippen LogP contribution >= 0.6 is 0 Å². The molecule has 0 bridgehead atoms. The number of aromatic nitrogens is 3. The number of anilines is 1. The fourth-order valence-corrected chi connectivity index (χ4v) is 3.39. The number of amides is 2. The van der Waals surface area contributed by atoms with Crippen LogP contribution in [0.2, 0.25) is 0 Å². The van der Waals surface area contributed by atoms with E-state index in [1.165, 1.54) is 0 Å². The average Bonchev–Trinajstić information content (AvgIpc) is 3.33. The highest BCUT2D eigenvalue weighted by Gasteiger charge is 2.13. The smallest absolute Gasteiger partial charge is 0.319 e. The van der Waals surface area contributed by atoms with Crippen molar-refractivity contribution in [3.05, 3.63) is 66.5 Å². The fraction of sp³-hybridized carbons (Fsp3) is 0.208. The van der Waals surface area contributed by atoms with Gasteiger partial charge in [-0.3, -0.25) is 5.10 Å². The Bertz CT molecular complexity index is 1240. The van der Waals surface area contributed by atoms with Crippen molar-refractivity contribution in [2.24, 2.45) is 0 Å². The lowest BCUT2D eigenvalue weighted by atomic mass is 10.0. The van der Waals surface area contributed by atoms with Gasteiger partial charge < -0.3 is 25.2 Å². The predicted octanol–water partition coefficient (Wildman–Crippen LogP) is 3.72. The van der Waals surface area contributed by atoms with Crippen LogP contribution in [-0.2, 0) is 6.54 Å². The minimum atomic E-state index is -0.362. The van der Waals surface area contributed by atoms with Gasteiger partial charge in [-0.25, -0.2) is 9.78 Å². The highest BCUT2D eigenvalue weighted by molar-refractivity contribution is 5.95. The Morgan fingerprint density at radius 1 is 1.18 bits per heavy atom. The molecule has 0 spiro atoms. The SMILES string of the molecule is COc1cccc(CNC(=O)Nc2ccc(-c3ccnc4[nH]ncc34)cc2OCCCO)c1. The second-order valence-corrected chi connectivity index (χ2v) is 7.29. The number of methoxy groups -OCH3 is 1. The third kappa shape index (κ3) is 5.39. The molecular formula is C24H25N5O4. The van der Waals surface area contributed by atoms with E-state index in [1.54, 1.807) is 25.6 Å². The normalized spacial score (nSPS) is 10.7. The molecule has 2 aromatic carbocycles. The summed E-state index contributed by atoms with van der Waals surface area (Å²) in [6.45, 7) is 0.679. The second-order valence-electron chi connectivity index (χ2n) is 7.29. The number of ether oxygens (including phenoxy) is 2. The average molecular weight is 447 g/mol. The summed E-state index contributed by atoms with van der Waals surface area (Å²) in [5.74, 6) is 1.23. The number of rotatable bonds is 9. The van der Waals surface area contributed by atoms with Crippen LogP contribution < -0.4 is 20.1 Å². The van der Waals surface area contributed by atoms with Gasteiger partial charge in [0.2, 0.25) is 0 Å². The van der Waals surface area contributed by atoms with Crippen LogP contribution in [-0.4, -0.2) is 46.6 Å². The molecule has 0 unspecified atom stereocenters. The van der Waals surface area contributed by atoms with Crippen LogP contribution in [0.15, 0.2) is 60.9 Å². The Labute approximate surface area is 190 Å². The van der Waals surface area contributed by atoms with E-state index in [-0.39, 0.29) is 12.6 Å². The molecule has 0 atom stereocenters. The number of hydrogen-bond acceptors (Lipinski definition) is 6. The van der Waals surface area contributed by atoms with Crippen molar-refractivity contribution >= 4 is 22.8 Å². The first-order valence-corrected chi connectivity index (χ1v) is 10.5. The van der Waals surface area contributed by atoms with Gasteiger partial charge in [0.05, 0.1) is 25.6 Å². The zero-order valence-electron chi connectivity index (χ0n) is 18.2. The van der Waals surface area contributed by atoms with Crippen molar-refractivity contribution in [3.8, 4) is 22.6 Å². The Hall–Kier alpha value is -4.11. The minimum absolute atomic E-state index is 0.0173. The van der Waals surface area contributed by atoms with Crippen LogP contribution in [0.3, 0.4) is 0 Å². The highest BCUT2D eigenvalue weighted by atomic mass is 16.5. The summed E-state index contributed by atoms with van der Waals surface area (Å²) in [6, 6.07) is 14.6. The molecule has 2 amide bonds. The number of nitrogens with zero attached hydrogens (tertiary/aromatic N) is 2. The van der Waals surface area contributed by atoms with Crippen LogP contribution in [0, 0.1) is 0 Å². The number of aliphatic hydroxyl groups excluding tert-OH is 1. The Balaban J connectivity index is 1.52. The zero-order valence-corrected chi connectivity index (χ0v) is 18.2. The molecule has 0 aliphatic heterocycles. The van der Waals surface area contributed by atoms with E-state index in [9.17, 15) is 4.79 Å². The Morgan fingerprint density at radius 3 is 2.94 bits per heavy atom. The number of nitrogens with one attached hydrogen (secondary N) is 3. The van der Waals surface area contributed by atoms with Gasteiger partial charge in [0.25, 0.3) is 0 Å².